The van der Waals surface area contributed by atoms with Crippen LogP contribution in [0.3, 0.4) is 0 Å². The van der Waals surface area contributed by atoms with E-state index in [0.29, 0.717) is 0 Å². The van der Waals surface area contributed by atoms with Gasteiger partial charge in [-0.2, -0.15) is 0 Å². The Bertz CT molecular complexity index is 464. The topological polar surface area (TPSA) is 32.8 Å². The number of carbonyl (C=O) groups is 1. The lowest BCUT2D eigenvalue weighted by molar-refractivity contribution is -0.140. The van der Waals surface area contributed by atoms with Crippen LogP contribution in [0.2, 0.25) is 0 Å². The second-order valence-corrected chi connectivity index (χ2v) is 7.45. The number of hydrogen-bond donors (Lipinski definition) is 0. The number of ether oxygens (including phenoxy) is 1. The molecule has 2 aliphatic heterocycles. The predicted octanol–water partition coefficient (Wildman–Crippen LogP) is 2.53. The Kier molecular flexibility index (Phi) is 3.71. The molecule has 0 spiro atoms. The zero-order chi connectivity index (χ0) is 15.1. The molecule has 0 aromatic carbocycles. The number of amides is 1. The van der Waals surface area contributed by atoms with E-state index in [1.807, 2.05) is 11.0 Å². The first-order valence-electron chi connectivity index (χ1n) is 7.21. The van der Waals surface area contributed by atoms with Gasteiger partial charge in [0.25, 0.3) is 5.91 Å². The van der Waals surface area contributed by atoms with Crippen molar-refractivity contribution in [2.75, 3.05) is 19.7 Å². The van der Waals surface area contributed by atoms with E-state index in [-0.39, 0.29) is 23.6 Å². The van der Waals surface area contributed by atoms with Crippen LogP contribution in [0.1, 0.15) is 41.5 Å². The molecule has 4 nitrogen and oxygen atoms in total. The first-order chi connectivity index (χ1) is 9.10. The molecule has 4 heteroatoms. The summed E-state index contributed by atoms with van der Waals surface area (Å²) in [6, 6.07) is 0. The smallest absolute Gasteiger partial charge is 0.265 e. The molecule has 0 aliphatic carbocycles. The van der Waals surface area contributed by atoms with Crippen molar-refractivity contribution in [1.82, 2.24) is 9.80 Å². The maximum Gasteiger partial charge on any atom is 0.265 e. The Labute approximate surface area is 122 Å². The van der Waals surface area contributed by atoms with Gasteiger partial charge in [0.05, 0.1) is 5.70 Å². The molecule has 0 aromatic rings. The van der Waals surface area contributed by atoms with Crippen molar-refractivity contribution in [3.05, 3.63) is 23.6 Å². The summed E-state index contributed by atoms with van der Waals surface area (Å²) in [5.41, 5.74) is 0.803. The fourth-order valence-corrected chi connectivity index (χ4v) is 2.66. The van der Waals surface area contributed by atoms with Gasteiger partial charge in [-0.25, -0.2) is 0 Å². The Morgan fingerprint density at radius 2 is 1.75 bits per heavy atom. The maximum absolute atomic E-state index is 12.3. The molecule has 0 aromatic heterocycles. The number of nitrogens with zero attached hydrogens (tertiary/aromatic N) is 2. The lowest BCUT2D eigenvalue weighted by Crippen LogP contribution is -2.53. The summed E-state index contributed by atoms with van der Waals surface area (Å²) in [7, 11) is 0. The fraction of sp³-hybridized carbons (Fsp3) is 0.688. The van der Waals surface area contributed by atoms with Gasteiger partial charge in [-0.05, 0) is 47.6 Å². The second-order valence-electron chi connectivity index (χ2n) is 7.45. The molecule has 0 bridgehead atoms. The highest BCUT2D eigenvalue weighted by Crippen LogP contribution is 2.31. The predicted molar refractivity (Wildman–Crippen MR) is 80.0 cm³/mol. The molecule has 20 heavy (non-hydrogen) atoms. The van der Waals surface area contributed by atoms with E-state index in [0.717, 1.165) is 24.5 Å². The SMILES string of the molecule is CC(C)(C)N1CC=CC2=C(C1)N(C(C)(C)C)C(=O)CO2. The summed E-state index contributed by atoms with van der Waals surface area (Å²) in [5, 5.41) is 0. The van der Waals surface area contributed by atoms with Crippen molar-refractivity contribution in [2.24, 2.45) is 0 Å². The average Bonchev–Trinajstić information content (AvgIpc) is 2.48. The Hall–Kier alpha value is -1.29. The Balaban J connectivity index is 2.42. The summed E-state index contributed by atoms with van der Waals surface area (Å²) >= 11 is 0. The normalized spacial score (nSPS) is 21.7. The fourth-order valence-electron chi connectivity index (χ4n) is 2.66. The molecule has 2 heterocycles. The molecule has 2 aliphatic rings. The van der Waals surface area contributed by atoms with Gasteiger partial charge in [0, 0.05) is 24.2 Å². The highest BCUT2D eigenvalue weighted by atomic mass is 16.5. The molecule has 2 rings (SSSR count). The third kappa shape index (κ3) is 2.90. The van der Waals surface area contributed by atoms with E-state index < -0.39 is 0 Å². The lowest BCUT2D eigenvalue weighted by Gasteiger charge is -2.43. The van der Waals surface area contributed by atoms with Gasteiger partial charge in [0.1, 0.15) is 5.76 Å². The van der Waals surface area contributed by atoms with Crippen LogP contribution in [0.15, 0.2) is 23.6 Å². The van der Waals surface area contributed by atoms with Crippen LogP contribution in [0.4, 0.5) is 0 Å². The van der Waals surface area contributed by atoms with Crippen LogP contribution in [-0.4, -0.2) is 46.5 Å². The van der Waals surface area contributed by atoms with Gasteiger partial charge >= 0.3 is 0 Å². The molecule has 0 fully saturated rings. The van der Waals surface area contributed by atoms with Crippen molar-refractivity contribution in [2.45, 2.75) is 52.6 Å². The molecule has 1 amide bonds. The van der Waals surface area contributed by atoms with Crippen molar-refractivity contribution < 1.29 is 9.53 Å². The summed E-state index contributed by atoms with van der Waals surface area (Å²) in [4.78, 5) is 16.5. The van der Waals surface area contributed by atoms with E-state index in [1.165, 1.54) is 0 Å². The minimum Gasteiger partial charge on any atom is -0.482 e. The maximum atomic E-state index is 12.3. The molecular formula is C16H26N2O2. The minimum atomic E-state index is -0.233. The van der Waals surface area contributed by atoms with Crippen LogP contribution in [0.25, 0.3) is 0 Å². The van der Waals surface area contributed by atoms with Gasteiger partial charge in [0.2, 0.25) is 0 Å². The molecule has 0 saturated carbocycles. The highest BCUT2D eigenvalue weighted by molar-refractivity contribution is 5.81. The minimum absolute atomic E-state index is 0.0420. The number of carbonyl (C=O) groups excluding carboxylic acids is 1. The van der Waals surface area contributed by atoms with Crippen LogP contribution >= 0.6 is 0 Å². The van der Waals surface area contributed by atoms with Gasteiger partial charge in [-0.3, -0.25) is 9.69 Å². The standard InChI is InChI=1S/C16H26N2O2/c1-15(2,3)17-9-7-8-13-12(10-17)18(16(4,5)6)14(19)11-20-13/h7-8H,9-11H2,1-6H3. The van der Waals surface area contributed by atoms with Crippen molar-refractivity contribution in [1.29, 1.82) is 0 Å². The summed E-state index contributed by atoms with van der Waals surface area (Å²) < 4.78 is 5.64. The highest BCUT2D eigenvalue weighted by Gasteiger charge is 2.37. The van der Waals surface area contributed by atoms with Crippen molar-refractivity contribution >= 4 is 5.91 Å². The monoisotopic (exact) mass is 278 g/mol. The number of hydrogen-bond acceptors (Lipinski definition) is 3. The molecule has 0 atom stereocenters. The van der Waals surface area contributed by atoms with E-state index in [4.69, 9.17) is 4.74 Å². The Morgan fingerprint density at radius 3 is 2.30 bits per heavy atom. The summed E-state index contributed by atoms with van der Waals surface area (Å²) in [6.07, 6.45) is 4.12. The molecule has 0 unspecified atom stereocenters. The van der Waals surface area contributed by atoms with E-state index in [1.54, 1.807) is 0 Å². The van der Waals surface area contributed by atoms with Gasteiger partial charge in [-0.1, -0.05) is 6.08 Å². The van der Waals surface area contributed by atoms with Crippen LogP contribution < -0.4 is 0 Å². The molecular weight excluding hydrogens is 252 g/mol. The number of allylic oxidation sites excluding steroid dienone is 1. The quantitative estimate of drug-likeness (QED) is 0.682. The van der Waals surface area contributed by atoms with E-state index in [9.17, 15) is 4.79 Å². The largest absolute Gasteiger partial charge is 0.482 e. The van der Waals surface area contributed by atoms with Gasteiger partial charge in [-0.15, -0.1) is 0 Å². The first-order valence-corrected chi connectivity index (χ1v) is 7.21. The Morgan fingerprint density at radius 1 is 1.10 bits per heavy atom. The molecule has 0 saturated heterocycles. The third-order valence-electron chi connectivity index (χ3n) is 3.71. The lowest BCUT2D eigenvalue weighted by atomic mass is 10.0. The van der Waals surface area contributed by atoms with E-state index >= 15 is 0 Å². The third-order valence-corrected chi connectivity index (χ3v) is 3.71. The van der Waals surface area contributed by atoms with E-state index in [2.05, 4.69) is 52.5 Å². The van der Waals surface area contributed by atoms with Gasteiger partial charge < -0.3 is 9.64 Å². The van der Waals surface area contributed by atoms with Gasteiger partial charge in [0.15, 0.2) is 6.61 Å². The van der Waals surface area contributed by atoms with Crippen LogP contribution in [-0.2, 0) is 9.53 Å². The number of rotatable bonds is 0. The molecule has 0 N–H and O–H groups in total. The zero-order valence-electron chi connectivity index (χ0n) is 13.5. The first kappa shape index (κ1) is 15.1. The zero-order valence-corrected chi connectivity index (χ0v) is 13.5. The summed E-state index contributed by atoms with van der Waals surface area (Å²) in [6.45, 7) is 14.5. The van der Waals surface area contributed by atoms with Crippen molar-refractivity contribution in [3.8, 4) is 0 Å². The van der Waals surface area contributed by atoms with Crippen LogP contribution in [0.5, 0.6) is 0 Å². The molecule has 112 valence electrons. The van der Waals surface area contributed by atoms with Crippen molar-refractivity contribution in [3.63, 3.8) is 0 Å². The molecule has 0 radical (unpaired) electrons. The van der Waals surface area contributed by atoms with Crippen LogP contribution in [0, 0.1) is 0 Å². The second kappa shape index (κ2) is 4.92. The average molecular weight is 278 g/mol. The summed E-state index contributed by atoms with van der Waals surface area (Å²) in [5.74, 6) is 0.881.